The summed E-state index contributed by atoms with van der Waals surface area (Å²) in [6, 6.07) is 13.5. The number of piperidine rings is 3. The fourth-order valence-corrected chi connectivity index (χ4v) is 4.95. The lowest BCUT2D eigenvalue weighted by Crippen LogP contribution is -2.57. The van der Waals surface area contributed by atoms with Crippen molar-refractivity contribution in [3.8, 4) is 17.0 Å². The van der Waals surface area contributed by atoms with E-state index in [0.29, 0.717) is 18.5 Å². The van der Waals surface area contributed by atoms with E-state index in [1.165, 1.54) is 12.1 Å². The molecule has 1 aromatic heterocycles. The molecule has 8 heteroatoms. The summed E-state index contributed by atoms with van der Waals surface area (Å²) in [5, 5.41) is 21.2. The van der Waals surface area contributed by atoms with Crippen molar-refractivity contribution >= 4 is 5.91 Å². The number of carbonyl (C=O) groups excluding carboxylic acids is 1. The van der Waals surface area contributed by atoms with E-state index in [4.69, 9.17) is 0 Å². The maximum absolute atomic E-state index is 13.1. The van der Waals surface area contributed by atoms with Crippen molar-refractivity contribution in [1.82, 2.24) is 25.2 Å². The van der Waals surface area contributed by atoms with E-state index in [0.717, 1.165) is 49.3 Å². The van der Waals surface area contributed by atoms with E-state index in [9.17, 15) is 14.3 Å². The van der Waals surface area contributed by atoms with E-state index in [1.54, 1.807) is 30.3 Å². The Labute approximate surface area is 185 Å². The highest BCUT2D eigenvalue weighted by molar-refractivity contribution is 5.79. The normalized spacial score (nSPS) is 24.4. The summed E-state index contributed by atoms with van der Waals surface area (Å²) in [6.45, 7) is 2.89. The number of carbonyl (C=O) groups is 1. The van der Waals surface area contributed by atoms with Gasteiger partial charge in [0.2, 0.25) is 5.91 Å². The molecule has 4 atom stereocenters. The second kappa shape index (κ2) is 8.70. The van der Waals surface area contributed by atoms with Crippen molar-refractivity contribution in [3.05, 3.63) is 66.1 Å². The van der Waals surface area contributed by atoms with Gasteiger partial charge in [0.15, 0.2) is 0 Å². The first kappa shape index (κ1) is 20.6. The highest BCUT2D eigenvalue weighted by atomic mass is 19.1. The number of hydrogen-bond donors (Lipinski definition) is 2. The van der Waals surface area contributed by atoms with Gasteiger partial charge in [-0.25, -0.2) is 4.39 Å². The fourth-order valence-electron chi connectivity index (χ4n) is 4.95. The second-order valence-corrected chi connectivity index (χ2v) is 8.76. The van der Waals surface area contributed by atoms with Crippen LogP contribution in [0.3, 0.4) is 0 Å². The summed E-state index contributed by atoms with van der Waals surface area (Å²) in [7, 11) is 0. The molecule has 4 unspecified atom stereocenters. The van der Waals surface area contributed by atoms with Crippen molar-refractivity contribution in [3.63, 3.8) is 0 Å². The number of phenols is 1. The van der Waals surface area contributed by atoms with Gasteiger partial charge in [-0.05, 0) is 55.1 Å². The van der Waals surface area contributed by atoms with Gasteiger partial charge in [-0.2, -0.15) is 0 Å². The Morgan fingerprint density at radius 1 is 1.22 bits per heavy atom. The van der Waals surface area contributed by atoms with Crippen LogP contribution in [-0.4, -0.2) is 50.0 Å². The second-order valence-electron chi connectivity index (χ2n) is 8.76. The van der Waals surface area contributed by atoms with Gasteiger partial charge >= 0.3 is 0 Å². The molecule has 3 aromatic rings. The largest absolute Gasteiger partial charge is 0.508 e. The Bertz CT molecular complexity index is 1100. The maximum Gasteiger partial charge on any atom is 0.224 e. The number of halogens is 1. The molecule has 0 saturated carbocycles. The molecule has 4 heterocycles. The molecular formula is C24H26FN5O2. The minimum Gasteiger partial charge on any atom is -0.508 e. The topological polar surface area (TPSA) is 83.3 Å². The zero-order chi connectivity index (χ0) is 22.1. The van der Waals surface area contributed by atoms with Crippen LogP contribution < -0.4 is 5.32 Å². The zero-order valence-corrected chi connectivity index (χ0v) is 17.7. The monoisotopic (exact) mass is 435 g/mol. The maximum atomic E-state index is 13.1. The quantitative estimate of drug-likeness (QED) is 0.622. The van der Waals surface area contributed by atoms with Gasteiger partial charge < -0.3 is 10.4 Å². The lowest BCUT2D eigenvalue weighted by atomic mass is 9.75. The molecular weight excluding hydrogens is 409 g/mol. The molecule has 0 radical (unpaired) electrons. The SMILES string of the molecule is O=C(NCc1ccc(F)cc1)C1CN2CCC1CC2Cn1cc(-c2cccc(O)c2)nn1. The molecule has 0 spiro atoms. The molecule has 3 aliphatic heterocycles. The molecule has 166 valence electrons. The number of fused-ring (bicyclic) bond motifs is 3. The standard InChI is InChI=1S/C24H26FN5O2/c25-19-6-4-16(5-7-19)12-26-24(32)22-14-29-9-8-17(22)10-20(29)13-30-15-23(27-28-30)18-2-1-3-21(31)11-18/h1-7,11,15,17,20,22,31H,8-10,12-14H2,(H,26,32). The lowest BCUT2D eigenvalue weighted by Gasteiger charge is -2.49. The Balaban J connectivity index is 1.18. The number of aromatic nitrogens is 3. The highest BCUT2D eigenvalue weighted by Gasteiger charge is 2.43. The minimum absolute atomic E-state index is 0.0148. The van der Waals surface area contributed by atoms with Gasteiger partial charge in [-0.3, -0.25) is 14.4 Å². The van der Waals surface area contributed by atoms with Crippen LogP contribution in [0.5, 0.6) is 5.75 Å². The number of rotatable bonds is 6. The number of benzene rings is 2. The van der Waals surface area contributed by atoms with Crippen LogP contribution >= 0.6 is 0 Å². The fraction of sp³-hybridized carbons (Fsp3) is 0.375. The number of phenolic OH excluding ortho intramolecular Hbond substituents is 1. The third-order valence-corrected chi connectivity index (χ3v) is 6.67. The molecule has 2 bridgehead atoms. The van der Waals surface area contributed by atoms with Crippen LogP contribution in [0, 0.1) is 17.7 Å². The predicted octanol–water partition coefficient (Wildman–Crippen LogP) is 2.82. The lowest BCUT2D eigenvalue weighted by molar-refractivity contribution is -0.133. The summed E-state index contributed by atoms with van der Waals surface area (Å²) in [4.78, 5) is 15.2. The molecule has 7 nitrogen and oxygen atoms in total. The van der Waals surface area contributed by atoms with Crippen LogP contribution in [0.4, 0.5) is 4.39 Å². The molecule has 3 aliphatic rings. The zero-order valence-electron chi connectivity index (χ0n) is 17.7. The first-order valence-corrected chi connectivity index (χ1v) is 11.0. The van der Waals surface area contributed by atoms with Crippen LogP contribution in [0.1, 0.15) is 18.4 Å². The molecule has 3 saturated heterocycles. The number of amides is 1. The van der Waals surface area contributed by atoms with Crippen LogP contribution in [0.25, 0.3) is 11.3 Å². The van der Waals surface area contributed by atoms with E-state index in [1.807, 2.05) is 16.9 Å². The minimum atomic E-state index is -0.273. The van der Waals surface area contributed by atoms with Crippen molar-refractivity contribution in [2.45, 2.75) is 32.0 Å². The molecule has 0 aliphatic carbocycles. The number of aromatic hydroxyl groups is 1. The van der Waals surface area contributed by atoms with E-state index in [-0.39, 0.29) is 23.4 Å². The Morgan fingerprint density at radius 3 is 2.81 bits per heavy atom. The van der Waals surface area contributed by atoms with Crippen LogP contribution in [0.15, 0.2) is 54.7 Å². The Hall–Kier alpha value is -3.26. The van der Waals surface area contributed by atoms with Gasteiger partial charge in [0, 0.05) is 24.7 Å². The first-order valence-electron chi connectivity index (χ1n) is 11.0. The summed E-state index contributed by atoms with van der Waals surface area (Å²) in [5.74, 6) is 0.349. The van der Waals surface area contributed by atoms with Crippen LogP contribution in [-0.2, 0) is 17.9 Å². The van der Waals surface area contributed by atoms with Gasteiger partial charge in [0.1, 0.15) is 17.3 Å². The predicted molar refractivity (Wildman–Crippen MR) is 117 cm³/mol. The summed E-state index contributed by atoms with van der Waals surface area (Å²) in [6.07, 6.45) is 3.89. The summed E-state index contributed by atoms with van der Waals surface area (Å²) >= 11 is 0. The number of nitrogens with one attached hydrogen (secondary N) is 1. The average molecular weight is 436 g/mol. The van der Waals surface area contributed by atoms with Gasteiger partial charge in [0.25, 0.3) is 0 Å². The molecule has 2 N–H and O–H groups in total. The van der Waals surface area contributed by atoms with Crippen molar-refractivity contribution < 1.29 is 14.3 Å². The van der Waals surface area contributed by atoms with E-state index in [2.05, 4.69) is 20.5 Å². The van der Waals surface area contributed by atoms with Gasteiger partial charge in [-0.1, -0.05) is 29.5 Å². The summed E-state index contributed by atoms with van der Waals surface area (Å²) < 4.78 is 14.9. The summed E-state index contributed by atoms with van der Waals surface area (Å²) in [5.41, 5.74) is 2.46. The van der Waals surface area contributed by atoms with E-state index < -0.39 is 0 Å². The smallest absolute Gasteiger partial charge is 0.224 e. The third-order valence-electron chi connectivity index (χ3n) is 6.67. The molecule has 3 fully saturated rings. The van der Waals surface area contributed by atoms with Gasteiger partial charge in [-0.15, -0.1) is 5.10 Å². The number of nitrogens with zero attached hydrogens (tertiary/aromatic N) is 4. The molecule has 6 rings (SSSR count). The Morgan fingerprint density at radius 2 is 2.06 bits per heavy atom. The first-order chi connectivity index (χ1) is 15.5. The third kappa shape index (κ3) is 4.36. The van der Waals surface area contributed by atoms with Crippen molar-refractivity contribution in [1.29, 1.82) is 0 Å². The molecule has 1 amide bonds. The number of hydrogen-bond acceptors (Lipinski definition) is 5. The Kier molecular flexibility index (Phi) is 5.61. The van der Waals surface area contributed by atoms with Gasteiger partial charge in [0.05, 0.1) is 18.7 Å². The van der Waals surface area contributed by atoms with E-state index >= 15 is 0 Å². The van der Waals surface area contributed by atoms with Crippen molar-refractivity contribution in [2.24, 2.45) is 11.8 Å². The molecule has 32 heavy (non-hydrogen) atoms. The highest BCUT2D eigenvalue weighted by Crippen LogP contribution is 2.37. The van der Waals surface area contributed by atoms with Crippen LogP contribution in [0.2, 0.25) is 0 Å². The van der Waals surface area contributed by atoms with Crippen molar-refractivity contribution in [2.75, 3.05) is 13.1 Å². The average Bonchev–Trinajstić information content (AvgIpc) is 3.27. The molecule has 2 aromatic carbocycles.